The summed E-state index contributed by atoms with van der Waals surface area (Å²) in [6.07, 6.45) is 4.28. The van der Waals surface area contributed by atoms with E-state index in [2.05, 4.69) is 0 Å². The van der Waals surface area contributed by atoms with Crippen molar-refractivity contribution in [1.82, 2.24) is 0 Å². The summed E-state index contributed by atoms with van der Waals surface area (Å²) in [5, 5.41) is 0. The number of rotatable bonds is 5. The highest BCUT2D eigenvalue weighted by Crippen LogP contribution is 2.05. The van der Waals surface area contributed by atoms with Gasteiger partial charge in [0.15, 0.2) is 0 Å². The summed E-state index contributed by atoms with van der Waals surface area (Å²) in [4.78, 5) is 0. The first kappa shape index (κ1) is 12.7. The van der Waals surface area contributed by atoms with E-state index in [-0.39, 0.29) is 5.60 Å². The van der Waals surface area contributed by atoms with Gasteiger partial charge in [0.25, 0.3) is 0 Å². The van der Waals surface area contributed by atoms with E-state index in [1.165, 1.54) is 0 Å². The standard InChI is InChI=1S/C11H22O2/c1-10(2)12-8-6-7-9-13-11(3,4)5/h6-7,10H,8-9H2,1-5H3/b7-6+. The van der Waals surface area contributed by atoms with E-state index < -0.39 is 0 Å². The summed E-state index contributed by atoms with van der Waals surface area (Å²) in [5.74, 6) is 0. The van der Waals surface area contributed by atoms with Crippen LogP contribution in [0.15, 0.2) is 12.2 Å². The second-order valence-corrected chi connectivity index (χ2v) is 4.28. The molecule has 0 aliphatic heterocycles. The minimum absolute atomic E-state index is 0.0523. The van der Waals surface area contributed by atoms with Gasteiger partial charge in [-0.15, -0.1) is 0 Å². The van der Waals surface area contributed by atoms with E-state index in [1.807, 2.05) is 46.8 Å². The molecule has 0 radical (unpaired) electrons. The van der Waals surface area contributed by atoms with Crippen molar-refractivity contribution >= 4 is 0 Å². The second kappa shape index (κ2) is 6.17. The first-order valence-electron chi connectivity index (χ1n) is 4.82. The van der Waals surface area contributed by atoms with Gasteiger partial charge in [-0.05, 0) is 34.6 Å². The molecule has 0 aliphatic rings. The molecule has 0 bridgehead atoms. The highest BCUT2D eigenvalue weighted by atomic mass is 16.5. The Morgan fingerprint density at radius 2 is 1.62 bits per heavy atom. The Labute approximate surface area is 81.9 Å². The molecule has 0 aromatic heterocycles. The lowest BCUT2D eigenvalue weighted by atomic mass is 10.2. The molecule has 0 fully saturated rings. The van der Waals surface area contributed by atoms with Crippen LogP contribution in [0.25, 0.3) is 0 Å². The maximum Gasteiger partial charge on any atom is 0.0655 e. The van der Waals surface area contributed by atoms with Crippen molar-refractivity contribution in [3.63, 3.8) is 0 Å². The second-order valence-electron chi connectivity index (χ2n) is 4.28. The average molecular weight is 186 g/mol. The Bertz CT molecular complexity index is 143. The predicted octanol–water partition coefficient (Wildman–Crippen LogP) is 2.78. The van der Waals surface area contributed by atoms with Crippen molar-refractivity contribution in [3.8, 4) is 0 Å². The Morgan fingerprint density at radius 1 is 1.08 bits per heavy atom. The Morgan fingerprint density at radius 3 is 2.08 bits per heavy atom. The highest BCUT2D eigenvalue weighted by Gasteiger charge is 2.07. The molecular weight excluding hydrogens is 164 g/mol. The van der Waals surface area contributed by atoms with Crippen LogP contribution in [0.4, 0.5) is 0 Å². The maximum atomic E-state index is 5.49. The van der Waals surface area contributed by atoms with Crippen molar-refractivity contribution in [1.29, 1.82) is 0 Å². The van der Waals surface area contributed by atoms with Gasteiger partial charge in [0, 0.05) is 0 Å². The van der Waals surface area contributed by atoms with E-state index in [0.717, 1.165) is 0 Å². The fraction of sp³-hybridized carbons (Fsp3) is 0.818. The topological polar surface area (TPSA) is 18.5 Å². The van der Waals surface area contributed by atoms with Gasteiger partial charge in [-0.25, -0.2) is 0 Å². The molecule has 78 valence electrons. The van der Waals surface area contributed by atoms with Crippen LogP contribution in [0, 0.1) is 0 Å². The van der Waals surface area contributed by atoms with Gasteiger partial charge in [0.05, 0.1) is 24.9 Å². The van der Waals surface area contributed by atoms with Gasteiger partial charge < -0.3 is 9.47 Å². The molecule has 0 spiro atoms. The summed E-state index contributed by atoms with van der Waals surface area (Å²) in [6.45, 7) is 11.5. The Kier molecular flexibility index (Phi) is 6.00. The van der Waals surface area contributed by atoms with E-state index in [9.17, 15) is 0 Å². The minimum Gasteiger partial charge on any atom is -0.375 e. The molecule has 0 amide bonds. The molecule has 2 heteroatoms. The molecule has 0 atom stereocenters. The van der Waals surface area contributed by atoms with E-state index in [4.69, 9.17) is 9.47 Å². The molecule has 0 saturated heterocycles. The minimum atomic E-state index is -0.0523. The van der Waals surface area contributed by atoms with E-state index in [1.54, 1.807) is 0 Å². The lowest BCUT2D eigenvalue weighted by Gasteiger charge is -2.17. The van der Waals surface area contributed by atoms with Crippen LogP contribution in [-0.2, 0) is 9.47 Å². The zero-order valence-corrected chi connectivity index (χ0v) is 9.46. The van der Waals surface area contributed by atoms with Crippen LogP contribution in [0.1, 0.15) is 34.6 Å². The highest BCUT2D eigenvalue weighted by molar-refractivity contribution is 4.82. The molecule has 0 heterocycles. The van der Waals surface area contributed by atoms with E-state index >= 15 is 0 Å². The van der Waals surface area contributed by atoms with Gasteiger partial charge in [-0.1, -0.05) is 12.2 Å². The lowest BCUT2D eigenvalue weighted by Crippen LogP contribution is -2.18. The first-order chi connectivity index (χ1) is 5.92. The molecule has 0 saturated carbocycles. The quantitative estimate of drug-likeness (QED) is 0.615. The Hall–Kier alpha value is -0.340. The normalized spacial score (nSPS) is 13.1. The molecule has 13 heavy (non-hydrogen) atoms. The summed E-state index contributed by atoms with van der Waals surface area (Å²) in [6, 6.07) is 0. The summed E-state index contributed by atoms with van der Waals surface area (Å²) >= 11 is 0. The van der Waals surface area contributed by atoms with Crippen LogP contribution in [0.5, 0.6) is 0 Å². The molecule has 0 N–H and O–H groups in total. The van der Waals surface area contributed by atoms with Crippen molar-refractivity contribution in [2.75, 3.05) is 13.2 Å². The fourth-order valence-electron chi connectivity index (χ4n) is 0.682. The van der Waals surface area contributed by atoms with Gasteiger partial charge in [0.2, 0.25) is 0 Å². The zero-order valence-electron chi connectivity index (χ0n) is 9.46. The molecule has 0 rings (SSSR count). The van der Waals surface area contributed by atoms with Crippen molar-refractivity contribution in [3.05, 3.63) is 12.2 Å². The fourth-order valence-corrected chi connectivity index (χ4v) is 0.682. The SMILES string of the molecule is CC(C)OC/C=C/COC(C)(C)C. The van der Waals surface area contributed by atoms with Crippen molar-refractivity contribution in [2.45, 2.75) is 46.3 Å². The van der Waals surface area contributed by atoms with Gasteiger partial charge >= 0.3 is 0 Å². The number of hydrogen-bond donors (Lipinski definition) is 0. The van der Waals surface area contributed by atoms with Gasteiger partial charge in [-0.2, -0.15) is 0 Å². The monoisotopic (exact) mass is 186 g/mol. The predicted molar refractivity (Wildman–Crippen MR) is 55.9 cm³/mol. The third-order valence-corrected chi connectivity index (χ3v) is 1.31. The first-order valence-corrected chi connectivity index (χ1v) is 4.82. The zero-order chi connectivity index (χ0) is 10.3. The lowest BCUT2D eigenvalue weighted by molar-refractivity contribution is 0.0145. The number of ether oxygens (including phenoxy) is 2. The largest absolute Gasteiger partial charge is 0.375 e. The molecular formula is C11H22O2. The molecule has 0 aromatic rings. The molecule has 0 unspecified atom stereocenters. The van der Waals surface area contributed by atoms with Crippen LogP contribution in [0.2, 0.25) is 0 Å². The van der Waals surface area contributed by atoms with Crippen molar-refractivity contribution in [2.24, 2.45) is 0 Å². The summed E-state index contributed by atoms with van der Waals surface area (Å²) < 4.78 is 10.8. The van der Waals surface area contributed by atoms with Crippen LogP contribution in [0.3, 0.4) is 0 Å². The number of hydrogen-bond acceptors (Lipinski definition) is 2. The third kappa shape index (κ3) is 11.7. The average Bonchev–Trinajstić information content (AvgIpc) is 1.93. The summed E-state index contributed by atoms with van der Waals surface area (Å²) in [5.41, 5.74) is -0.0523. The van der Waals surface area contributed by atoms with E-state index in [0.29, 0.717) is 19.3 Å². The van der Waals surface area contributed by atoms with Crippen LogP contribution in [-0.4, -0.2) is 24.9 Å². The summed E-state index contributed by atoms with van der Waals surface area (Å²) in [7, 11) is 0. The smallest absolute Gasteiger partial charge is 0.0655 e. The van der Waals surface area contributed by atoms with Crippen LogP contribution < -0.4 is 0 Å². The molecule has 0 aromatic carbocycles. The molecule has 0 aliphatic carbocycles. The Balaban J connectivity index is 3.32. The van der Waals surface area contributed by atoms with Gasteiger partial charge in [-0.3, -0.25) is 0 Å². The maximum absolute atomic E-state index is 5.49. The third-order valence-electron chi connectivity index (χ3n) is 1.31. The van der Waals surface area contributed by atoms with Gasteiger partial charge in [0.1, 0.15) is 0 Å². The van der Waals surface area contributed by atoms with Crippen LogP contribution >= 0.6 is 0 Å². The molecule has 2 nitrogen and oxygen atoms in total. The van der Waals surface area contributed by atoms with Crippen molar-refractivity contribution < 1.29 is 9.47 Å².